The third-order valence-corrected chi connectivity index (χ3v) is 4.60. The number of rotatable bonds is 5. The third kappa shape index (κ3) is 3.44. The molecule has 1 fully saturated rings. The van der Waals surface area contributed by atoms with Gasteiger partial charge < -0.3 is 19.5 Å². The van der Waals surface area contributed by atoms with Crippen molar-refractivity contribution in [2.24, 2.45) is 0 Å². The number of hydrogen-bond acceptors (Lipinski definition) is 5. The minimum atomic E-state index is -1.86. The summed E-state index contributed by atoms with van der Waals surface area (Å²) in [5.41, 5.74) is -0.903. The Morgan fingerprint density at radius 1 is 1.04 bits per heavy atom. The second kappa shape index (κ2) is 7.35. The van der Waals surface area contributed by atoms with E-state index in [9.17, 15) is 9.90 Å². The van der Waals surface area contributed by atoms with E-state index in [1.165, 1.54) is 0 Å². The van der Waals surface area contributed by atoms with Crippen molar-refractivity contribution in [1.29, 1.82) is 0 Å². The molecule has 0 amide bonds. The number of nitrogens with zero attached hydrogens (tertiary/aromatic N) is 1. The number of hydrogen-bond donors (Lipinski definition) is 1. The summed E-state index contributed by atoms with van der Waals surface area (Å²) in [5.74, 6) is -0.688. The summed E-state index contributed by atoms with van der Waals surface area (Å²) < 4.78 is 11.2. The molecular formula is C20H23NO4. The molecule has 2 atom stereocenters. The Bertz CT molecular complexity index is 663. The second-order valence-corrected chi connectivity index (χ2v) is 6.45. The average molecular weight is 341 g/mol. The van der Waals surface area contributed by atoms with Crippen LogP contribution in [-0.4, -0.2) is 55.4 Å². The van der Waals surface area contributed by atoms with E-state index >= 15 is 0 Å². The van der Waals surface area contributed by atoms with Crippen LogP contribution in [0.5, 0.6) is 0 Å². The molecule has 0 saturated carbocycles. The molecule has 1 aliphatic heterocycles. The molecule has 0 unspecified atom stereocenters. The lowest BCUT2D eigenvalue weighted by atomic mass is 9.86. The molecule has 1 N–H and O–H groups in total. The standard InChI is InChI=1S/C20H23NO4/c1-21(2)17-13-24-14-18(17)25-19(22)20(23,15-9-5-3-6-10-15)16-11-7-4-8-12-16/h3-12,17-18,23H,13-14H2,1-2H3/t17-,18-/m1/s1. The number of carbonyl (C=O) groups is 1. The summed E-state index contributed by atoms with van der Waals surface area (Å²) in [6.07, 6.45) is -0.415. The molecule has 132 valence electrons. The van der Waals surface area contributed by atoms with E-state index in [4.69, 9.17) is 9.47 Å². The van der Waals surface area contributed by atoms with Gasteiger partial charge in [-0.3, -0.25) is 0 Å². The first kappa shape index (κ1) is 17.6. The number of carbonyl (C=O) groups excluding carboxylic acids is 1. The van der Waals surface area contributed by atoms with Crippen molar-refractivity contribution in [3.05, 3.63) is 71.8 Å². The van der Waals surface area contributed by atoms with Crippen molar-refractivity contribution >= 4 is 5.97 Å². The Labute approximate surface area is 147 Å². The van der Waals surface area contributed by atoms with Crippen LogP contribution in [0.3, 0.4) is 0 Å². The largest absolute Gasteiger partial charge is 0.455 e. The molecule has 0 bridgehead atoms. The SMILES string of the molecule is CN(C)[C@@H]1COC[C@H]1OC(=O)C(O)(c1ccccc1)c1ccccc1. The lowest BCUT2D eigenvalue weighted by Crippen LogP contribution is -2.46. The van der Waals surface area contributed by atoms with E-state index in [1.807, 2.05) is 31.1 Å². The minimum Gasteiger partial charge on any atom is -0.455 e. The van der Waals surface area contributed by atoms with Crippen molar-refractivity contribution in [3.63, 3.8) is 0 Å². The van der Waals surface area contributed by atoms with Crippen LogP contribution in [0.25, 0.3) is 0 Å². The predicted octanol–water partition coefficient (Wildman–Crippen LogP) is 1.79. The van der Waals surface area contributed by atoms with E-state index in [0.717, 1.165) is 0 Å². The van der Waals surface area contributed by atoms with Crippen molar-refractivity contribution in [3.8, 4) is 0 Å². The molecule has 5 heteroatoms. The molecule has 1 saturated heterocycles. The molecule has 3 rings (SSSR count). The van der Waals surface area contributed by atoms with Gasteiger partial charge in [-0.05, 0) is 25.2 Å². The topological polar surface area (TPSA) is 59.0 Å². The molecule has 2 aromatic carbocycles. The minimum absolute atomic E-state index is 0.0280. The van der Waals surface area contributed by atoms with Gasteiger partial charge in [0, 0.05) is 0 Å². The van der Waals surface area contributed by atoms with Gasteiger partial charge in [0.15, 0.2) is 0 Å². The molecular weight excluding hydrogens is 318 g/mol. The van der Waals surface area contributed by atoms with Gasteiger partial charge >= 0.3 is 5.97 Å². The second-order valence-electron chi connectivity index (χ2n) is 6.45. The maximum atomic E-state index is 13.0. The van der Waals surface area contributed by atoms with Crippen LogP contribution in [0.15, 0.2) is 60.7 Å². The molecule has 0 radical (unpaired) electrons. The summed E-state index contributed by atoms with van der Waals surface area (Å²) in [6, 6.07) is 17.7. The van der Waals surface area contributed by atoms with Gasteiger partial charge in [0.05, 0.1) is 19.3 Å². The Morgan fingerprint density at radius 3 is 2.04 bits per heavy atom. The average Bonchev–Trinajstić information content (AvgIpc) is 3.11. The van der Waals surface area contributed by atoms with Crippen molar-refractivity contribution < 1.29 is 19.4 Å². The first-order valence-corrected chi connectivity index (χ1v) is 8.32. The molecule has 0 aromatic heterocycles. The third-order valence-electron chi connectivity index (χ3n) is 4.60. The highest BCUT2D eigenvalue weighted by molar-refractivity contribution is 5.85. The van der Waals surface area contributed by atoms with Crippen molar-refractivity contribution in [2.45, 2.75) is 17.7 Å². The van der Waals surface area contributed by atoms with Gasteiger partial charge in [-0.25, -0.2) is 4.79 Å². The maximum Gasteiger partial charge on any atom is 0.348 e. The van der Waals surface area contributed by atoms with Gasteiger partial charge in [0.25, 0.3) is 0 Å². The maximum absolute atomic E-state index is 13.0. The first-order valence-electron chi connectivity index (χ1n) is 8.32. The van der Waals surface area contributed by atoms with Crippen LogP contribution < -0.4 is 0 Å². The Hall–Kier alpha value is -2.21. The quantitative estimate of drug-likeness (QED) is 0.841. The molecule has 0 spiro atoms. The fourth-order valence-electron chi connectivity index (χ4n) is 3.10. The van der Waals surface area contributed by atoms with E-state index in [-0.39, 0.29) is 6.04 Å². The normalized spacial score (nSPS) is 20.6. The molecule has 25 heavy (non-hydrogen) atoms. The highest BCUT2D eigenvalue weighted by Crippen LogP contribution is 2.32. The van der Waals surface area contributed by atoms with E-state index < -0.39 is 17.7 Å². The van der Waals surface area contributed by atoms with E-state index in [2.05, 4.69) is 0 Å². The van der Waals surface area contributed by atoms with Crippen LogP contribution in [0.4, 0.5) is 0 Å². The van der Waals surface area contributed by atoms with E-state index in [0.29, 0.717) is 24.3 Å². The van der Waals surface area contributed by atoms with Gasteiger partial charge in [-0.15, -0.1) is 0 Å². The summed E-state index contributed by atoms with van der Waals surface area (Å²) in [7, 11) is 3.83. The highest BCUT2D eigenvalue weighted by atomic mass is 16.6. The number of esters is 1. The molecule has 1 heterocycles. The van der Waals surface area contributed by atoms with Gasteiger partial charge in [-0.1, -0.05) is 60.7 Å². The van der Waals surface area contributed by atoms with Gasteiger partial charge in [0.1, 0.15) is 6.10 Å². The number of likely N-dealkylation sites (N-methyl/N-ethyl adjacent to an activating group) is 1. The first-order chi connectivity index (χ1) is 12.0. The zero-order valence-corrected chi connectivity index (χ0v) is 14.5. The van der Waals surface area contributed by atoms with Gasteiger partial charge in [0.2, 0.25) is 5.60 Å². The molecule has 2 aromatic rings. The monoisotopic (exact) mass is 341 g/mol. The zero-order chi connectivity index (χ0) is 17.9. The summed E-state index contributed by atoms with van der Waals surface area (Å²) in [5, 5.41) is 11.4. The molecule has 5 nitrogen and oxygen atoms in total. The van der Waals surface area contributed by atoms with Crippen molar-refractivity contribution in [2.75, 3.05) is 27.3 Å². The number of aliphatic hydroxyl groups is 1. The predicted molar refractivity (Wildman–Crippen MR) is 94.1 cm³/mol. The number of ether oxygens (including phenoxy) is 2. The van der Waals surface area contributed by atoms with E-state index in [1.54, 1.807) is 48.5 Å². The number of benzene rings is 2. The lowest BCUT2D eigenvalue weighted by molar-refractivity contribution is -0.169. The van der Waals surface area contributed by atoms with Crippen LogP contribution >= 0.6 is 0 Å². The van der Waals surface area contributed by atoms with Crippen molar-refractivity contribution in [1.82, 2.24) is 4.90 Å². The van der Waals surface area contributed by atoms with Gasteiger partial charge in [-0.2, -0.15) is 0 Å². The summed E-state index contributed by atoms with van der Waals surface area (Å²) >= 11 is 0. The van der Waals surface area contributed by atoms with Crippen LogP contribution in [0.1, 0.15) is 11.1 Å². The fourth-order valence-corrected chi connectivity index (χ4v) is 3.10. The smallest absolute Gasteiger partial charge is 0.348 e. The highest BCUT2D eigenvalue weighted by Gasteiger charge is 2.44. The Kier molecular flexibility index (Phi) is 5.18. The lowest BCUT2D eigenvalue weighted by Gasteiger charge is -2.31. The van der Waals surface area contributed by atoms with Crippen LogP contribution in [0.2, 0.25) is 0 Å². The molecule has 0 aliphatic carbocycles. The summed E-state index contributed by atoms with van der Waals surface area (Å²) in [4.78, 5) is 15.0. The van der Waals surface area contributed by atoms with Crippen LogP contribution in [-0.2, 0) is 19.9 Å². The van der Waals surface area contributed by atoms with Crippen LogP contribution in [0, 0.1) is 0 Å². The Morgan fingerprint density at radius 2 is 1.56 bits per heavy atom. The fraction of sp³-hybridized carbons (Fsp3) is 0.350. The molecule has 1 aliphatic rings. The Balaban J connectivity index is 1.94. The zero-order valence-electron chi connectivity index (χ0n) is 14.5. The summed E-state index contributed by atoms with van der Waals surface area (Å²) in [6.45, 7) is 0.828.